The van der Waals surface area contributed by atoms with Crippen LogP contribution in [0.3, 0.4) is 0 Å². The van der Waals surface area contributed by atoms with Gasteiger partial charge < -0.3 is 9.47 Å². The molecule has 1 fully saturated rings. The van der Waals surface area contributed by atoms with Gasteiger partial charge in [-0.3, -0.25) is 0 Å². The first kappa shape index (κ1) is 10.9. The van der Waals surface area contributed by atoms with E-state index in [1.165, 1.54) is 0 Å². The van der Waals surface area contributed by atoms with E-state index in [-0.39, 0.29) is 12.2 Å². The summed E-state index contributed by atoms with van der Waals surface area (Å²) in [6, 6.07) is 0. The highest BCUT2D eigenvalue weighted by Crippen LogP contribution is 2.38. The van der Waals surface area contributed by atoms with E-state index < -0.39 is 10.1 Å². The van der Waals surface area contributed by atoms with Gasteiger partial charge in [-0.2, -0.15) is 0 Å². The molecule has 1 rings (SSSR count). The number of alkyl halides is 3. The summed E-state index contributed by atoms with van der Waals surface area (Å²) >= 11 is 16.8. The maximum atomic E-state index is 5.61. The second-order valence-corrected chi connectivity index (χ2v) is 5.17. The quantitative estimate of drug-likeness (QED) is 0.649. The van der Waals surface area contributed by atoms with Gasteiger partial charge in [0.2, 0.25) is 10.1 Å². The van der Waals surface area contributed by atoms with Crippen molar-refractivity contribution in [1.29, 1.82) is 0 Å². The van der Waals surface area contributed by atoms with Crippen molar-refractivity contribution >= 4 is 34.8 Å². The van der Waals surface area contributed by atoms with E-state index in [2.05, 4.69) is 0 Å². The van der Waals surface area contributed by atoms with Crippen molar-refractivity contribution in [1.82, 2.24) is 0 Å². The summed E-state index contributed by atoms with van der Waals surface area (Å²) in [5.41, 5.74) is 0. The average molecular weight is 234 g/mol. The van der Waals surface area contributed by atoms with Crippen LogP contribution in [0.5, 0.6) is 0 Å². The Kier molecular flexibility index (Phi) is 3.52. The Labute approximate surface area is 87.1 Å². The fourth-order valence-electron chi connectivity index (χ4n) is 1.17. The lowest BCUT2D eigenvalue weighted by molar-refractivity contribution is -0.0605. The Morgan fingerprint density at radius 2 is 1.83 bits per heavy atom. The minimum Gasteiger partial charge on any atom is -0.343 e. The van der Waals surface area contributed by atoms with Gasteiger partial charge in [-0.25, -0.2) is 0 Å². The monoisotopic (exact) mass is 232 g/mol. The summed E-state index contributed by atoms with van der Waals surface area (Å²) in [6.45, 7) is 3.91. The molecule has 1 heterocycles. The molecule has 0 aliphatic carbocycles. The van der Waals surface area contributed by atoms with E-state index >= 15 is 0 Å². The van der Waals surface area contributed by atoms with Gasteiger partial charge in [0.15, 0.2) is 0 Å². The summed E-state index contributed by atoms with van der Waals surface area (Å²) in [5, 5.41) is 0. The standard InChI is InChI=1S/C7H11Cl3O2/c1-3-5-4(2)11-6(12-5)7(8,9)10/h4-6H,3H2,1-2H3. The Balaban J connectivity index is 2.54. The van der Waals surface area contributed by atoms with Crippen molar-refractivity contribution in [3.05, 3.63) is 0 Å². The molecule has 0 saturated carbocycles. The molecule has 0 aromatic heterocycles. The molecule has 0 radical (unpaired) electrons. The lowest BCUT2D eigenvalue weighted by Gasteiger charge is -2.17. The van der Waals surface area contributed by atoms with Crippen LogP contribution in [0.4, 0.5) is 0 Å². The van der Waals surface area contributed by atoms with Crippen molar-refractivity contribution in [2.24, 2.45) is 0 Å². The molecule has 0 aromatic rings. The zero-order valence-corrected chi connectivity index (χ0v) is 9.16. The second kappa shape index (κ2) is 3.89. The van der Waals surface area contributed by atoms with Crippen molar-refractivity contribution in [2.75, 3.05) is 0 Å². The van der Waals surface area contributed by atoms with Gasteiger partial charge in [0.25, 0.3) is 0 Å². The van der Waals surface area contributed by atoms with Gasteiger partial charge in [-0.05, 0) is 13.3 Å². The molecule has 3 atom stereocenters. The summed E-state index contributed by atoms with van der Waals surface area (Å²) in [6.07, 6.45) is 0.155. The van der Waals surface area contributed by atoms with Gasteiger partial charge in [-0.15, -0.1) is 0 Å². The third kappa shape index (κ3) is 2.39. The average Bonchev–Trinajstić information content (AvgIpc) is 2.29. The van der Waals surface area contributed by atoms with E-state index in [0.29, 0.717) is 0 Å². The first-order chi connectivity index (χ1) is 5.45. The molecule has 0 aromatic carbocycles. The summed E-state index contributed by atoms with van der Waals surface area (Å²) in [7, 11) is 0. The highest BCUT2D eigenvalue weighted by molar-refractivity contribution is 6.67. The van der Waals surface area contributed by atoms with Crippen LogP contribution < -0.4 is 0 Å². The van der Waals surface area contributed by atoms with Crippen LogP contribution in [0.25, 0.3) is 0 Å². The SMILES string of the molecule is CCC1OC(C(Cl)(Cl)Cl)OC1C. The molecular weight excluding hydrogens is 222 g/mol. The Morgan fingerprint density at radius 1 is 1.25 bits per heavy atom. The smallest absolute Gasteiger partial charge is 0.240 e. The van der Waals surface area contributed by atoms with Crippen LogP contribution >= 0.6 is 34.8 Å². The van der Waals surface area contributed by atoms with Crippen LogP contribution in [-0.4, -0.2) is 22.3 Å². The maximum Gasteiger partial charge on any atom is 0.240 e. The summed E-state index contributed by atoms with van der Waals surface area (Å²) in [4.78, 5) is 0. The highest BCUT2D eigenvalue weighted by atomic mass is 35.6. The first-order valence-electron chi connectivity index (χ1n) is 3.82. The van der Waals surface area contributed by atoms with E-state index in [1.54, 1.807) is 0 Å². The van der Waals surface area contributed by atoms with E-state index in [1.807, 2.05) is 13.8 Å². The second-order valence-electron chi connectivity index (χ2n) is 2.80. The van der Waals surface area contributed by atoms with E-state index in [4.69, 9.17) is 44.3 Å². The minimum absolute atomic E-state index is 0.00405. The van der Waals surface area contributed by atoms with E-state index in [0.717, 1.165) is 6.42 Å². The van der Waals surface area contributed by atoms with Crippen molar-refractivity contribution in [2.45, 2.75) is 42.6 Å². The number of ether oxygens (including phenoxy) is 2. The van der Waals surface area contributed by atoms with Crippen LogP contribution in [-0.2, 0) is 9.47 Å². The lowest BCUT2D eigenvalue weighted by atomic mass is 10.2. The number of hydrogen-bond acceptors (Lipinski definition) is 2. The number of halogens is 3. The van der Waals surface area contributed by atoms with Crippen LogP contribution in [0.2, 0.25) is 0 Å². The van der Waals surface area contributed by atoms with Gasteiger partial charge in [0.05, 0.1) is 12.2 Å². The third-order valence-electron chi connectivity index (χ3n) is 1.83. The normalized spacial score (nSPS) is 37.2. The first-order valence-corrected chi connectivity index (χ1v) is 4.96. The van der Waals surface area contributed by atoms with Gasteiger partial charge in [0, 0.05) is 0 Å². The number of hydrogen-bond donors (Lipinski definition) is 0. The largest absolute Gasteiger partial charge is 0.343 e. The molecule has 1 aliphatic heterocycles. The third-order valence-corrected chi connectivity index (χ3v) is 2.36. The molecular formula is C7H11Cl3O2. The zero-order chi connectivity index (χ0) is 9.35. The molecule has 1 saturated heterocycles. The molecule has 72 valence electrons. The van der Waals surface area contributed by atoms with Crippen LogP contribution in [0.1, 0.15) is 20.3 Å². The fraction of sp³-hybridized carbons (Fsp3) is 1.00. The zero-order valence-electron chi connectivity index (χ0n) is 6.89. The molecule has 5 heteroatoms. The Morgan fingerprint density at radius 3 is 2.08 bits per heavy atom. The van der Waals surface area contributed by atoms with Crippen LogP contribution in [0, 0.1) is 0 Å². The Bertz CT molecular complexity index is 157. The van der Waals surface area contributed by atoms with Crippen molar-refractivity contribution in [3.63, 3.8) is 0 Å². The lowest BCUT2D eigenvalue weighted by Crippen LogP contribution is -2.26. The Hall–Kier alpha value is 0.790. The molecule has 0 amide bonds. The topological polar surface area (TPSA) is 18.5 Å². The van der Waals surface area contributed by atoms with Crippen LogP contribution in [0.15, 0.2) is 0 Å². The van der Waals surface area contributed by atoms with Gasteiger partial charge in [0.1, 0.15) is 0 Å². The molecule has 1 aliphatic rings. The van der Waals surface area contributed by atoms with Crippen molar-refractivity contribution in [3.8, 4) is 0 Å². The predicted octanol–water partition coefficient (Wildman–Crippen LogP) is 2.90. The summed E-state index contributed by atoms with van der Waals surface area (Å²) in [5.74, 6) is 0. The molecule has 0 bridgehead atoms. The predicted molar refractivity (Wildman–Crippen MR) is 49.8 cm³/mol. The molecule has 0 spiro atoms. The molecule has 3 unspecified atom stereocenters. The highest BCUT2D eigenvalue weighted by Gasteiger charge is 2.43. The molecule has 2 nitrogen and oxygen atoms in total. The minimum atomic E-state index is -1.49. The van der Waals surface area contributed by atoms with Crippen molar-refractivity contribution < 1.29 is 9.47 Å². The maximum absolute atomic E-state index is 5.61. The molecule has 0 N–H and O–H groups in total. The summed E-state index contributed by atoms with van der Waals surface area (Å²) < 4.78 is 9.19. The van der Waals surface area contributed by atoms with E-state index in [9.17, 15) is 0 Å². The number of rotatable bonds is 1. The van der Waals surface area contributed by atoms with Gasteiger partial charge >= 0.3 is 0 Å². The molecule has 12 heavy (non-hydrogen) atoms. The fourth-order valence-corrected chi connectivity index (χ4v) is 1.48. The van der Waals surface area contributed by atoms with Gasteiger partial charge in [-0.1, -0.05) is 41.7 Å².